The molecule has 0 nitrogen and oxygen atoms in total. The van der Waals surface area contributed by atoms with E-state index in [0.29, 0.717) is 0 Å². The Morgan fingerprint density at radius 3 is 1.33 bits per heavy atom. The van der Waals surface area contributed by atoms with Crippen LogP contribution in [-0.4, -0.2) is 0 Å². The van der Waals surface area contributed by atoms with Crippen molar-refractivity contribution in [3.05, 3.63) is 181 Å². The van der Waals surface area contributed by atoms with E-state index in [2.05, 4.69) is 181 Å². The molecule has 0 N–H and O–H groups in total. The summed E-state index contributed by atoms with van der Waals surface area (Å²) in [7, 11) is 0. The zero-order valence-electron chi connectivity index (χ0n) is 28.1. The van der Waals surface area contributed by atoms with Crippen LogP contribution in [0.2, 0.25) is 0 Å². The summed E-state index contributed by atoms with van der Waals surface area (Å²) in [6.45, 7) is 0. The van der Waals surface area contributed by atoms with Gasteiger partial charge in [0, 0.05) is 36.2 Å². The van der Waals surface area contributed by atoms with Crippen LogP contribution in [0.25, 0.3) is 107 Å². The molecule has 0 saturated carbocycles. The molecule has 9 aromatic carbocycles. The summed E-state index contributed by atoms with van der Waals surface area (Å²) < 4.78 is 2.64. The molecule has 0 aliphatic carbocycles. The Kier molecular flexibility index (Phi) is 6.70. The van der Waals surface area contributed by atoms with Gasteiger partial charge in [-0.25, -0.2) is 0 Å². The number of benzene rings is 9. The molecule has 0 bridgehead atoms. The summed E-state index contributed by atoms with van der Waals surface area (Å²) in [5.41, 5.74) is 9.07. The SMILES string of the molecule is c1ccc(-c2c3ccccc3c(-c3cccc4c3sc3cccc(-c5c6ccccc6c(-c6cccs6)c6ccccc56)c34)c3ccccc23)cc1. The zero-order chi connectivity index (χ0) is 34.2. The minimum atomic E-state index is 1.25. The average molecular weight is 695 g/mol. The van der Waals surface area contributed by atoms with E-state index in [9.17, 15) is 0 Å². The molecule has 2 heterocycles. The maximum absolute atomic E-state index is 2.35. The molecule has 2 heteroatoms. The molecule has 11 rings (SSSR count). The fraction of sp³-hybridized carbons (Fsp3) is 0. The van der Waals surface area contributed by atoms with E-state index in [1.165, 1.54) is 107 Å². The molecule has 2 aromatic heterocycles. The summed E-state index contributed by atoms with van der Waals surface area (Å²) in [6.07, 6.45) is 0. The lowest BCUT2D eigenvalue weighted by molar-refractivity contribution is 1.67. The monoisotopic (exact) mass is 694 g/mol. The van der Waals surface area contributed by atoms with Crippen LogP contribution in [0.3, 0.4) is 0 Å². The number of hydrogen-bond acceptors (Lipinski definition) is 2. The molecule has 242 valence electrons. The summed E-state index contributed by atoms with van der Waals surface area (Å²) >= 11 is 3.74. The highest BCUT2D eigenvalue weighted by molar-refractivity contribution is 7.26. The fourth-order valence-corrected chi connectivity index (χ4v) is 10.7. The van der Waals surface area contributed by atoms with Gasteiger partial charge in [0.25, 0.3) is 0 Å². The van der Waals surface area contributed by atoms with Crippen molar-refractivity contribution in [3.63, 3.8) is 0 Å². The van der Waals surface area contributed by atoms with Gasteiger partial charge in [-0.3, -0.25) is 0 Å². The Labute approximate surface area is 309 Å². The van der Waals surface area contributed by atoms with Crippen molar-refractivity contribution < 1.29 is 0 Å². The predicted molar refractivity (Wildman–Crippen MR) is 229 cm³/mol. The van der Waals surface area contributed by atoms with E-state index < -0.39 is 0 Å². The normalized spacial score (nSPS) is 11.8. The lowest BCUT2D eigenvalue weighted by Crippen LogP contribution is -1.91. The molecule has 0 saturated heterocycles. The van der Waals surface area contributed by atoms with Gasteiger partial charge >= 0.3 is 0 Å². The third-order valence-electron chi connectivity index (χ3n) is 10.8. The van der Waals surface area contributed by atoms with Gasteiger partial charge in [-0.1, -0.05) is 164 Å². The van der Waals surface area contributed by atoms with Crippen LogP contribution >= 0.6 is 22.7 Å². The Morgan fingerprint density at radius 1 is 0.308 bits per heavy atom. The van der Waals surface area contributed by atoms with Crippen molar-refractivity contribution in [2.45, 2.75) is 0 Å². The summed E-state index contributed by atoms with van der Waals surface area (Å²) in [6, 6.07) is 65.1. The summed E-state index contributed by atoms with van der Waals surface area (Å²) in [5, 5.41) is 15.1. The molecule has 52 heavy (non-hydrogen) atoms. The molecule has 0 atom stereocenters. The Morgan fingerprint density at radius 2 is 0.769 bits per heavy atom. The van der Waals surface area contributed by atoms with Crippen LogP contribution < -0.4 is 0 Å². The number of thiophene rings is 2. The minimum absolute atomic E-state index is 1.25. The van der Waals surface area contributed by atoms with Crippen LogP contribution in [0.5, 0.6) is 0 Å². The average Bonchev–Trinajstić information content (AvgIpc) is 3.88. The number of hydrogen-bond donors (Lipinski definition) is 0. The van der Waals surface area contributed by atoms with Crippen molar-refractivity contribution in [2.24, 2.45) is 0 Å². The Bertz CT molecular complexity index is 3050. The topological polar surface area (TPSA) is 0 Å². The van der Waals surface area contributed by atoms with Gasteiger partial charge in [0.15, 0.2) is 0 Å². The first-order chi connectivity index (χ1) is 25.8. The van der Waals surface area contributed by atoms with Crippen molar-refractivity contribution in [3.8, 4) is 43.8 Å². The molecule has 0 fully saturated rings. The minimum Gasteiger partial charge on any atom is -0.144 e. The molecule has 0 aliphatic heterocycles. The molecule has 0 radical (unpaired) electrons. The number of rotatable bonds is 4. The maximum Gasteiger partial charge on any atom is 0.0434 e. The first-order valence-electron chi connectivity index (χ1n) is 17.8. The van der Waals surface area contributed by atoms with Crippen molar-refractivity contribution >= 4 is 85.9 Å². The van der Waals surface area contributed by atoms with Crippen LogP contribution in [-0.2, 0) is 0 Å². The van der Waals surface area contributed by atoms with E-state index in [-0.39, 0.29) is 0 Å². The van der Waals surface area contributed by atoms with E-state index >= 15 is 0 Å². The van der Waals surface area contributed by atoms with Gasteiger partial charge in [0.2, 0.25) is 0 Å². The first kappa shape index (κ1) is 29.6. The van der Waals surface area contributed by atoms with Crippen LogP contribution in [0, 0.1) is 0 Å². The second-order valence-electron chi connectivity index (χ2n) is 13.5. The van der Waals surface area contributed by atoms with Crippen LogP contribution in [0.15, 0.2) is 181 Å². The Balaban J connectivity index is 1.25. The third kappa shape index (κ3) is 4.32. The molecule has 11 aromatic rings. The van der Waals surface area contributed by atoms with E-state index in [1.54, 1.807) is 0 Å². The third-order valence-corrected chi connectivity index (χ3v) is 12.8. The second-order valence-corrected chi connectivity index (χ2v) is 15.5. The number of fused-ring (bicyclic) bond motifs is 7. The van der Waals surface area contributed by atoms with Crippen molar-refractivity contribution in [2.75, 3.05) is 0 Å². The molecular weight excluding hydrogens is 665 g/mol. The van der Waals surface area contributed by atoms with Gasteiger partial charge in [-0.15, -0.1) is 22.7 Å². The molecule has 0 aliphatic rings. The van der Waals surface area contributed by atoms with E-state index in [4.69, 9.17) is 0 Å². The lowest BCUT2D eigenvalue weighted by Gasteiger charge is -2.18. The second kappa shape index (κ2) is 11.7. The molecule has 0 unspecified atom stereocenters. The van der Waals surface area contributed by atoms with Gasteiger partial charge in [0.1, 0.15) is 0 Å². The van der Waals surface area contributed by atoms with Crippen LogP contribution in [0.4, 0.5) is 0 Å². The standard InChI is InChI=1S/C50H30S2/c1-2-15-31(16-3-1)45-32-17-4-6-19-34(32)47(35-20-7-5-18-33(35)45)41-26-12-27-42-49-40(25-13-28-44(49)52-50(41)42)46-36-21-8-10-23-38(36)48(43-29-14-30-51-43)39-24-11-9-22-37(39)46/h1-30H. The predicted octanol–water partition coefficient (Wildman–Crippen LogP) is 15.4. The molecular formula is C50H30S2. The first-order valence-corrected chi connectivity index (χ1v) is 19.5. The summed E-state index contributed by atoms with van der Waals surface area (Å²) in [4.78, 5) is 1.31. The summed E-state index contributed by atoms with van der Waals surface area (Å²) in [5.74, 6) is 0. The highest BCUT2D eigenvalue weighted by Gasteiger charge is 2.22. The van der Waals surface area contributed by atoms with Crippen molar-refractivity contribution in [1.82, 2.24) is 0 Å². The molecule has 0 spiro atoms. The van der Waals surface area contributed by atoms with E-state index in [1.807, 2.05) is 22.7 Å². The highest BCUT2D eigenvalue weighted by Crippen LogP contribution is 2.51. The van der Waals surface area contributed by atoms with Gasteiger partial charge in [-0.05, 0) is 88.4 Å². The largest absolute Gasteiger partial charge is 0.144 e. The maximum atomic E-state index is 2.35. The lowest BCUT2D eigenvalue weighted by atomic mass is 9.85. The Hall–Kier alpha value is -6.06. The fourth-order valence-electron chi connectivity index (χ4n) is 8.69. The highest BCUT2D eigenvalue weighted by atomic mass is 32.1. The van der Waals surface area contributed by atoms with E-state index in [0.717, 1.165) is 0 Å². The van der Waals surface area contributed by atoms with Crippen LogP contribution in [0.1, 0.15) is 0 Å². The smallest absolute Gasteiger partial charge is 0.0434 e. The van der Waals surface area contributed by atoms with Gasteiger partial charge < -0.3 is 0 Å². The zero-order valence-corrected chi connectivity index (χ0v) is 29.8. The quantitative estimate of drug-likeness (QED) is 0.161. The van der Waals surface area contributed by atoms with Crippen molar-refractivity contribution in [1.29, 1.82) is 0 Å². The van der Waals surface area contributed by atoms with Gasteiger partial charge in [-0.2, -0.15) is 0 Å². The molecule has 0 amide bonds. The van der Waals surface area contributed by atoms with Gasteiger partial charge in [0.05, 0.1) is 0 Å².